The van der Waals surface area contributed by atoms with Gasteiger partial charge in [-0.2, -0.15) is 0 Å². The van der Waals surface area contributed by atoms with E-state index in [0.717, 1.165) is 53.5 Å². The zero-order chi connectivity index (χ0) is 25.4. The molecule has 5 aromatic rings. The molecule has 1 atom stereocenters. The summed E-state index contributed by atoms with van der Waals surface area (Å²) in [6, 6.07) is 11.8. The van der Waals surface area contributed by atoms with Gasteiger partial charge in [0, 0.05) is 31.1 Å². The number of hydrogen-bond donors (Lipinski definition) is 0. The second-order valence-electron chi connectivity index (χ2n) is 8.89. The van der Waals surface area contributed by atoms with Crippen LogP contribution in [0.3, 0.4) is 0 Å². The van der Waals surface area contributed by atoms with Crippen LogP contribution in [0.5, 0.6) is 11.6 Å². The first-order chi connectivity index (χ1) is 18.1. The highest BCUT2D eigenvalue weighted by molar-refractivity contribution is 5.65. The number of aromatic nitrogens is 8. The largest absolute Gasteiger partial charge is 0.496 e. The summed E-state index contributed by atoms with van der Waals surface area (Å²) in [6.07, 6.45) is 9.11. The summed E-state index contributed by atoms with van der Waals surface area (Å²) >= 11 is 0. The van der Waals surface area contributed by atoms with Crippen molar-refractivity contribution < 1.29 is 9.47 Å². The molecule has 0 N–H and O–H groups in total. The van der Waals surface area contributed by atoms with Crippen LogP contribution in [0.25, 0.3) is 28.6 Å². The Morgan fingerprint density at radius 1 is 0.946 bits per heavy atom. The fourth-order valence-corrected chi connectivity index (χ4v) is 4.79. The second kappa shape index (κ2) is 9.45. The lowest BCUT2D eigenvalue weighted by molar-refractivity contribution is 0.396. The van der Waals surface area contributed by atoms with E-state index in [-0.39, 0.29) is 5.92 Å². The van der Waals surface area contributed by atoms with Crippen LogP contribution >= 0.6 is 0 Å². The summed E-state index contributed by atoms with van der Waals surface area (Å²) in [7, 11) is 3.27. The number of benzene rings is 1. The van der Waals surface area contributed by atoms with Gasteiger partial charge in [-0.1, -0.05) is 6.07 Å². The molecule has 0 saturated heterocycles. The molecule has 0 amide bonds. The van der Waals surface area contributed by atoms with Crippen molar-refractivity contribution in [3.8, 4) is 40.2 Å². The van der Waals surface area contributed by atoms with E-state index in [0.29, 0.717) is 23.2 Å². The lowest BCUT2D eigenvalue weighted by atomic mass is 9.90. The molecule has 10 nitrogen and oxygen atoms in total. The number of fused-ring (bicyclic) bond motifs is 1. The Kier molecular flexibility index (Phi) is 5.84. The van der Waals surface area contributed by atoms with Crippen LogP contribution in [0.15, 0.2) is 61.3 Å². The summed E-state index contributed by atoms with van der Waals surface area (Å²) in [5.41, 5.74) is 4.36. The van der Waals surface area contributed by atoms with E-state index in [1.165, 1.54) is 0 Å². The topological polar surface area (TPSA) is 106 Å². The molecule has 0 fully saturated rings. The molecule has 0 saturated carbocycles. The molecule has 10 heteroatoms. The third-order valence-electron chi connectivity index (χ3n) is 6.56. The molecule has 37 heavy (non-hydrogen) atoms. The van der Waals surface area contributed by atoms with E-state index >= 15 is 0 Å². The van der Waals surface area contributed by atoms with Crippen molar-refractivity contribution in [1.29, 1.82) is 0 Å². The van der Waals surface area contributed by atoms with Crippen molar-refractivity contribution in [3.63, 3.8) is 0 Å². The predicted molar refractivity (Wildman–Crippen MR) is 137 cm³/mol. The van der Waals surface area contributed by atoms with Gasteiger partial charge in [-0.25, -0.2) is 29.6 Å². The highest BCUT2D eigenvalue weighted by Gasteiger charge is 2.28. The van der Waals surface area contributed by atoms with Gasteiger partial charge in [0.15, 0.2) is 11.6 Å². The number of pyridine rings is 1. The first-order valence-electron chi connectivity index (χ1n) is 12.1. The third kappa shape index (κ3) is 4.20. The van der Waals surface area contributed by atoms with Gasteiger partial charge in [0.1, 0.15) is 23.0 Å². The molecule has 5 heterocycles. The number of ether oxygens (including phenoxy) is 2. The van der Waals surface area contributed by atoms with Crippen molar-refractivity contribution in [3.05, 3.63) is 78.4 Å². The number of rotatable bonds is 6. The van der Waals surface area contributed by atoms with Gasteiger partial charge < -0.3 is 14.0 Å². The van der Waals surface area contributed by atoms with Gasteiger partial charge in [0.2, 0.25) is 5.88 Å². The monoisotopic (exact) mass is 494 g/mol. The molecule has 1 aliphatic rings. The minimum absolute atomic E-state index is 0.0819. The first-order valence-corrected chi connectivity index (χ1v) is 12.1. The van der Waals surface area contributed by atoms with Crippen LogP contribution in [0.1, 0.15) is 35.8 Å². The average Bonchev–Trinajstić information content (AvgIpc) is 3.59. The number of methoxy groups -OCH3 is 2. The Morgan fingerprint density at radius 3 is 2.57 bits per heavy atom. The maximum Gasteiger partial charge on any atom is 0.238 e. The van der Waals surface area contributed by atoms with Crippen LogP contribution in [0.2, 0.25) is 0 Å². The lowest BCUT2D eigenvalue weighted by Crippen LogP contribution is -2.18. The molecule has 4 aromatic heterocycles. The van der Waals surface area contributed by atoms with Crippen molar-refractivity contribution in [2.45, 2.75) is 32.2 Å². The van der Waals surface area contributed by atoms with Crippen molar-refractivity contribution in [1.82, 2.24) is 39.3 Å². The van der Waals surface area contributed by atoms with E-state index in [4.69, 9.17) is 24.5 Å². The average molecular weight is 495 g/mol. The maximum absolute atomic E-state index is 5.60. The molecule has 0 bridgehead atoms. The number of hydrogen-bond acceptors (Lipinski definition) is 8. The molecular weight excluding hydrogens is 468 g/mol. The van der Waals surface area contributed by atoms with Crippen LogP contribution in [-0.4, -0.2) is 53.5 Å². The number of imidazole rings is 1. The zero-order valence-corrected chi connectivity index (χ0v) is 20.9. The minimum atomic E-state index is 0.0819. The predicted octanol–water partition coefficient (Wildman–Crippen LogP) is 4.23. The Bertz CT molecular complexity index is 1560. The van der Waals surface area contributed by atoms with Crippen LogP contribution < -0.4 is 9.47 Å². The van der Waals surface area contributed by atoms with E-state index in [1.807, 2.05) is 40.6 Å². The van der Waals surface area contributed by atoms with E-state index in [1.54, 1.807) is 39.0 Å². The van der Waals surface area contributed by atoms with Gasteiger partial charge >= 0.3 is 0 Å². The smallest absolute Gasteiger partial charge is 0.238 e. The fourth-order valence-electron chi connectivity index (χ4n) is 4.79. The van der Waals surface area contributed by atoms with Crippen molar-refractivity contribution in [2.24, 2.45) is 0 Å². The van der Waals surface area contributed by atoms with E-state index in [2.05, 4.69) is 27.1 Å². The summed E-state index contributed by atoms with van der Waals surface area (Å²) in [4.78, 5) is 22.8. The Hall–Kier alpha value is -4.60. The molecular formula is C27H26N8O2. The third-order valence-corrected chi connectivity index (χ3v) is 6.56. The van der Waals surface area contributed by atoms with E-state index in [9.17, 15) is 0 Å². The molecule has 0 radical (unpaired) electrons. The summed E-state index contributed by atoms with van der Waals surface area (Å²) in [5, 5.41) is 4.81. The van der Waals surface area contributed by atoms with Gasteiger partial charge in [-0.3, -0.25) is 0 Å². The highest BCUT2D eigenvalue weighted by atomic mass is 16.5. The minimum Gasteiger partial charge on any atom is -0.496 e. The highest BCUT2D eigenvalue weighted by Crippen LogP contribution is 2.37. The Balaban J connectivity index is 1.37. The summed E-state index contributed by atoms with van der Waals surface area (Å²) < 4.78 is 15.1. The molecule has 1 aromatic carbocycles. The normalized spacial score (nSPS) is 14.8. The first kappa shape index (κ1) is 22.8. The second-order valence-corrected chi connectivity index (χ2v) is 8.89. The van der Waals surface area contributed by atoms with Crippen molar-refractivity contribution in [2.75, 3.05) is 14.2 Å². The molecule has 6 rings (SSSR count). The summed E-state index contributed by atoms with van der Waals surface area (Å²) in [5.74, 6) is 3.43. The zero-order valence-electron chi connectivity index (χ0n) is 20.9. The number of nitrogens with zero attached hydrogens (tertiary/aromatic N) is 8. The van der Waals surface area contributed by atoms with Crippen LogP contribution in [-0.2, 0) is 6.54 Å². The van der Waals surface area contributed by atoms with Gasteiger partial charge in [-0.15, -0.1) is 5.10 Å². The van der Waals surface area contributed by atoms with Gasteiger partial charge in [0.25, 0.3) is 0 Å². The Morgan fingerprint density at radius 2 is 1.81 bits per heavy atom. The van der Waals surface area contributed by atoms with E-state index < -0.39 is 0 Å². The summed E-state index contributed by atoms with van der Waals surface area (Å²) in [6.45, 7) is 2.76. The molecule has 1 aliphatic heterocycles. The van der Waals surface area contributed by atoms with Crippen LogP contribution in [0, 0.1) is 6.92 Å². The quantitative estimate of drug-likeness (QED) is 0.345. The lowest BCUT2D eigenvalue weighted by Gasteiger charge is -2.23. The van der Waals surface area contributed by atoms with Gasteiger partial charge in [-0.05, 0) is 55.7 Å². The van der Waals surface area contributed by atoms with Crippen molar-refractivity contribution >= 4 is 0 Å². The van der Waals surface area contributed by atoms with Gasteiger partial charge in [0.05, 0.1) is 31.8 Å². The molecule has 1 unspecified atom stereocenters. The molecule has 186 valence electrons. The fraction of sp³-hybridized carbons (Fsp3) is 0.259. The molecule has 0 spiro atoms. The SMILES string of the molecule is COc1ccc(C2CCCn3nc(-c4ccc(-n5cnc(C)c5)c(OC)n4)nc32)cc1-c1ncccn1. The van der Waals surface area contributed by atoms with Crippen LogP contribution in [0.4, 0.5) is 0 Å². The maximum atomic E-state index is 5.60. The number of aryl methyl sites for hydroxylation is 2. The molecule has 0 aliphatic carbocycles. The standard InChI is InChI=1S/C27H26N8O2/c1-17-15-34(16-30-17)22-9-8-21(31-27(22)37-3)25-32-26-19(6-4-13-35(26)33-25)18-7-10-23(36-2)20(14-18)24-28-11-5-12-29-24/h5,7-12,14-16,19H,4,6,13H2,1-3H3. The Labute approximate surface area is 214 Å².